The Morgan fingerprint density at radius 2 is 2.14 bits per heavy atom. The van der Waals surface area contributed by atoms with Crippen LogP contribution >= 0.6 is 11.3 Å². The molecule has 0 aliphatic carbocycles. The summed E-state index contributed by atoms with van der Waals surface area (Å²) in [5.41, 5.74) is 1.06. The second kappa shape index (κ2) is 4.15. The minimum absolute atomic E-state index is 0.639. The Kier molecular flexibility index (Phi) is 2.69. The van der Waals surface area contributed by atoms with Gasteiger partial charge in [0.1, 0.15) is 5.01 Å². The third-order valence-electron chi connectivity index (χ3n) is 1.63. The van der Waals surface area contributed by atoms with E-state index in [0.29, 0.717) is 12.5 Å². The molecule has 0 saturated carbocycles. The molecule has 2 aromatic heterocycles. The molecule has 0 aliphatic heterocycles. The Morgan fingerprint density at radius 1 is 1.36 bits per heavy atom. The van der Waals surface area contributed by atoms with Crippen LogP contribution in [0, 0.1) is 6.92 Å². The molecule has 2 heterocycles. The van der Waals surface area contributed by atoms with Gasteiger partial charge in [0.2, 0.25) is 5.95 Å². The molecule has 0 fully saturated rings. The fraction of sp³-hybridized carbons (Fsp3) is 0.222. The van der Waals surface area contributed by atoms with Crippen molar-refractivity contribution in [2.75, 3.05) is 5.32 Å². The monoisotopic (exact) mass is 206 g/mol. The van der Waals surface area contributed by atoms with Gasteiger partial charge in [0.05, 0.1) is 6.54 Å². The van der Waals surface area contributed by atoms with Crippen molar-refractivity contribution in [3.8, 4) is 0 Å². The summed E-state index contributed by atoms with van der Waals surface area (Å²) in [6, 6.07) is 1.79. The largest absolute Gasteiger partial charge is 0.348 e. The van der Waals surface area contributed by atoms with E-state index in [1.165, 1.54) is 0 Å². The van der Waals surface area contributed by atoms with Crippen LogP contribution in [0.5, 0.6) is 0 Å². The summed E-state index contributed by atoms with van der Waals surface area (Å²) in [6.45, 7) is 2.67. The summed E-state index contributed by atoms with van der Waals surface area (Å²) in [5.74, 6) is 0.639. The third kappa shape index (κ3) is 2.26. The Hall–Kier alpha value is -1.49. The molecular weight excluding hydrogens is 196 g/mol. The molecule has 72 valence electrons. The average Bonchev–Trinajstić information content (AvgIpc) is 2.63. The van der Waals surface area contributed by atoms with Crippen molar-refractivity contribution in [3.63, 3.8) is 0 Å². The summed E-state index contributed by atoms with van der Waals surface area (Å²) < 4.78 is 0. The van der Waals surface area contributed by atoms with Gasteiger partial charge in [-0.1, -0.05) is 0 Å². The first-order valence-corrected chi connectivity index (χ1v) is 5.14. The van der Waals surface area contributed by atoms with E-state index in [2.05, 4.69) is 20.3 Å². The molecule has 14 heavy (non-hydrogen) atoms. The fourth-order valence-electron chi connectivity index (χ4n) is 1.03. The standard InChI is InChI=1S/C9H10N4S/c1-7-6-14-8(13-7)5-12-9-10-3-2-4-11-9/h2-4,6H,5H2,1H3,(H,10,11,12). The Labute approximate surface area is 86.1 Å². The van der Waals surface area contributed by atoms with Crippen molar-refractivity contribution >= 4 is 17.3 Å². The fourth-order valence-corrected chi connectivity index (χ4v) is 1.74. The predicted octanol–water partition coefficient (Wildman–Crippen LogP) is 1.85. The zero-order valence-corrected chi connectivity index (χ0v) is 8.58. The quantitative estimate of drug-likeness (QED) is 0.832. The number of thiazole rings is 1. The lowest BCUT2D eigenvalue weighted by atomic mass is 10.6. The van der Waals surface area contributed by atoms with E-state index in [-0.39, 0.29) is 0 Å². The normalized spacial score (nSPS) is 10.1. The molecule has 2 rings (SSSR count). The first kappa shape index (κ1) is 9.08. The summed E-state index contributed by atoms with van der Waals surface area (Å²) in [5, 5.41) is 6.18. The van der Waals surface area contributed by atoms with Gasteiger partial charge in [0, 0.05) is 23.5 Å². The predicted molar refractivity (Wildman–Crippen MR) is 56.2 cm³/mol. The van der Waals surface area contributed by atoms with Gasteiger partial charge >= 0.3 is 0 Å². The topological polar surface area (TPSA) is 50.7 Å². The van der Waals surface area contributed by atoms with Crippen LogP contribution in [0.3, 0.4) is 0 Å². The van der Waals surface area contributed by atoms with Crippen molar-refractivity contribution in [3.05, 3.63) is 34.5 Å². The molecular formula is C9H10N4S. The van der Waals surface area contributed by atoms with Gasteiger partial charge in [0.25, 0.3) is 0 Å². The van der Waals surface area contributed by atoms with Crippen LogP contribution in [-0.4, -0.2) is 15.0 Å². The van der Waals surface area contributed by atoms with Gasteiger partial charge in [-0.3, -0.25) is 0 Å². The van der Waals surface area contributed by atoms with Crippen LogP contribution in [0.4, 0.5) is 5.95 Å². The minimum atomic E-state index is 0.639. The number of anilines is 1. The van der Waals surface area contributed by atoms with Crippen LogP contribution in [-0.2, 0) is 6.54 Å². The zero-order valence-electron chi connectivity index (χ0n) is 7.77. The van der Waals surface area contributed by atoms with Gasteiger partial charge in [-0.05, 0) is 13.0 Å². The van der Waals surface area contributed by atoms with Crippen LogP contribution in [0.15, 0.2) is 23.8 Å². The van der Waals surface area contributed by atoms with Gasteiger partial charge in [0.15, 0.2) is 0 Å². The van der Waals surface area contributed by atoms with Gasteiger partial charge in [-0.2, -0.15) is 0 Å². The SMILES string of the molecule is Cc1csc(CNc2ncccn2)n1. The van der Waals surface area contributed by atoms with Crippen molar-refractivity contribution in [2.24, 2.45) is 0 Å². The highest BCUT2D eigenvalue weighted by atomic mass is 32.1. The molecule has 0 aromatic carbocycles. The number of aromatic nitrogens is 3. The zero-order chi connectivity index (χ0) is 9.80. The molecule has 0 unspecified atom stereocenters. The first-order chi connectivity index (χ1) is 6.84. The second-order valence-electron chi connectivity index (χ2n) is 2.81. The maximum absolute atomic E-state index is 4.33. The number of hydrogen-bond donors (Lipinski definition) is 1. The minimum Gasteiger partial charge on any atom is -0.348 e. The third-order valence-corrected chi connectivity index (χ3v) is 2.60. The van der Waals surface area contributed by atoms with Crippen LogP contribution in [0.25, 0.3) is 0 Å². The summed E-state index contributed by atoms with van der Waals surface area (Å²) in [4.78, 5) is 12.4. The molecule has 0 atom stereocenters. The summed E-state index contributed by atoms with van der Waals surface area (Å²) in [6.07, 6.45) is 3.42. The molecule has 0 saturated heterocycles. The van der Waals surface area contributed by atoms with E-state index < -0.39 is 0 Å². The number of rotatable bonds is 3. The summed E-state index contributed by atoms with van der Waals surface area (Å²) >= 11 is 1.64. The molecule has 0 amide bonds. The molecule has 4 nitrogen and oxygen atoms in total. The summed E-state index contributed by atoms with van der Waals surface area (Å²) in [7, 11) is 0. The van der Waals surface area contributed by atoms with Gasteiger partial charge in [-0.25, -0.2) is 15.0 Å². The molecule has 5 heteroatoms. The molecule has 2 aromatic rings. The Balaban J connectivity index is 1.95. The van der Waals surface area contributed by atoms with E-state index in [0.717, 1.165) is 10.7 Å². The lowest BCUT2D eigenvalue weighted by Crippen LogP contribution is -2.02. The number of aryl methyl sites for hydroxylation is 1. The van der Waals surface area contributed by atoms with E-state index in [4.69, 9.17) is 0 Å². The molecule has 0 radical (unpaired) electrons. The lowest BCUT2D eigenvalue weighted by molar-refractivity contribution is 1.02. The average molecular weight is 206 g/mol. The van der Waals surface area contributed by atoms with Crippen molar-refractivity contribution in [1.29, 1.82) is 0 Å². The highest BCUT2D eigenvalue weighted by Crippen LogP contribution is 2.09. The smallest absolute Gasteiger partial charge is 0.222 e. The van der Waals surface area contributed by atoms with Crippen LogP contribution in [0.1, 0.15) is 10.7 Å². The number of hydrogen-bond acceptors (Lipinski definition) is 5. The van der Waals surface area contributed by atoms with Crippen LogP contribution in [0.2, 0.25) is 0 Å². The maximum atomic E-state index is 4.33. The molecule has 1 N–H and O–H groups in total. The number of nitrogens with zero attached hydrogens (tertiary/aromatic N) is 3. The highest BCUT2D eigenvalue weighted by Gasteiger charge is 1.98. The second-order valence-corrected chi connectivity index (χ2v) is 3.75. The maximum Gasteiger partial charge on any atom is 0.222 e. The first-order valence-electron chi connectivity index (χ1n) is 4.26. The molecule has 0 aliphatic rings. The van der Waals surface area contributed by atoms with E-state index in [9.17, 15) is 0 Å². The highest BCUT2D eigenvalue weighted by molar-refractivity contribution is 7.09. The van der Waals surface area contributed by atoms with E-state index in [1.807, 2.05) is 12.3 Å². The van der Waals surface area contributed by atoms with Crippen LogP contribution < -0.4 is 5.32 Å². The van der Waals surface area contributed by atoms with Gasteiger partial charge < -0.3 is 5.32 Å². The van der Waals surface area contributed by atoms with E-state index >= 15 is 0 Å². The number of nitrogens with one attached hydrogen (secondary N) is 1. The van der Waals surface area contributed by atoms with Crippen molar-refractivity contribution in [1.82, 2.24) is 15.0 Å². The van der Waals surface area contributed by atoms with E-state index in [1.54, 1.807) is 29.8 Å². The van der Waals surface area contributed by atoms with Crippen molar-refractivity contribution < 1.29 is 0 Å². The molecule has 0 bridgehead atoms. The van der Waals surface area contributed by atoms with Gasteiger partial charge in [-0.15, -0.1) is 11.3 Å². The lowest BCUT2D eigenvalue weighted by Gasteiger charge is -1.99. The Morgan fingerprint density at radius 3 is 2.79 bits per heavy atom. The molecule has 0 spiro atoms. The van der Waals surface area contributed by atoms with Crippen molar-refractivity contribution in [2.45, 2.75) is 13.5 Å². The Bertz CT molecular complexity index is 398.